The summed E-state index contributed by atoms with van der Waals surface area (Å²) >= 11 is 0. The molecule has 1 rings (SSSR count). The molecule has 0 spiro atoms. The van der Waals surface area contributed by atoms with E-state index in [1.807, 2.05) is 6.92 Å². The molecule has 1 aromatic carbocycles. The molecule has 18 heavy (non-hydrogen) atoms. The first kappa shape index (κ1) is 14.7. The molecule has 0 aromatic heterocycles. The van der Waals surface area contributed by atoms with Gasteiger partial charge in [0.25, 0.3) is 0 Å². The lowest BCUT2D eigenvalue weighted by Gasteiger charge is -2.23. The summed E-state index contributed by atoms with van der Waals surface area (Å²) in [7, 11) is 3.10. The molecule has 0 heterocycles. The maximum atomic E-state index is 12.0. The number of nitrogens with one attached hydrogen (secondary N) is 1. The first-order valence-electron chi connectivity index (χ1n) is 5.43. The van der Waals surface area contributed by atoms with Crippen LogP contribution in [0.25, 0.3) is 0 Å². The van der Waals surface area contributed by atoms with E-state index in [-0.39, 0.29) is 18.1 Å². The Morgan fingerprint density at radius 2 is 1.61 bits per heavy atom. The standard InChI is InChI=1S/C12H17F2NO3/c1-8(11(16-2)17-3)15-9-4-6-10(7-5-9)18-12(13)14/h4-8,11-12,15H,1-3H3. The van der Waals surface area contributed by atoms with Gasteiger partial charge in [-0.25, -0.2) is 0 Å². The summed E-state index contributed by atoms with van der Waals surface area (Å²) in [6.45, 7) is -0.921. The lowest BCUT2D eigenvalue weighted by Crippen LogP contribution is -2.33. The largest absolute Gasteiger partial charge is 0.435 e. The highest BCUT2D eigenvalue weighted by Crippen LogP contribution is 2.19. The fraction of sp³-hybridized carbons (Fsp3) is 0.500. The van der Waals surface area contributed by atoms with Gasteiger partial charge in [0.2, 0.25) is 0 Å². The molecule has 4 nitrogen and oxygen atoms in total. The van der Waals surface area contributed by atoms with E-state index in [4.69, 9.17) is 9.47 Å². The topological polar surface area (TPSA) is 39.7 Å². The van der Waals surface area contributed by atoms with E-state index in [1.165, 1.54) is 12.1 Å². The molecule has 1 atom stereocenters. The van der Waals surface area contributed by atoms with Crippen molar-refractivity contribution < 1.29 is 23.0 Å². The van der Waals surface area contributed by atoms with Crippen LogP contribution in [0, 0.1) is 0 Å². The average Bonchev–Trinajstić information content (AvgIpc) is 2.32. The molecule has 1 aromatic rings. The number of hydrogen-bond donors (Lipinski definition) is 1. The second kappa shape index (κ2) is 7.13. The predicted octanol–water partition coefficient (Wildman–Crippen LogP) is 2.71. The third-order valence-electron chi connectivity index (χ3n) is 2.35. The van der Waals surface area contributed by atoms with Crippen LogP contribution in [0.3, 0.4) is 0 Å². The van der Waals surface area contributed by atoms with Crippen molar-refractivity contribution in [3.63, 3.8) is 0 Å². The zero-order chi connectivity index (χ0) is 13.5. The number of anilines is 1. The quantitative estimate of drug-likeness (QED) is 0.766. The zero-order valence-corrected chi connectivity index (χ0v) is 10.5. The summed E-state index contributed by atoms with van der Waals surface area (Å²) in [5.74, 6) is 0.123. The molecule has 102 valence electrons. The van der Waals surface area contributed by atoms with Crippen molar-refractivity contribution in [2.75, 3.05) is 19.5 Å². The summed E-state index contributed by atoms with van der Waals surface area (Å²) in [5, 5.41) is 3.13. The van der Waals surface area contributed by atoms with Crippen molar-refractivity contribution in [3.8, 4) is 5.75 Å². The summed E-state index contributed by atoms with van der Waals surface area (Å²) in [5.41, 5.74) is 0.767. The van der Waals surface area contributed by atoms with Crippen molar-refractivity contribution in [1.82, 2.24) is 0 Å². The highest BCUT2D eigenvalue weighted by atomic mass is 19.3. The molecule has 0 aliphatic heterocycles. The van der Waals surface area contributed by atoms with E-state index in [0.717, 1.165) is 5.69 Å². The summed E-state index contributed by atoms with van der Waals surface area (Å²) in [6.07, 6.45) is -0.387. The van der Waals surface area contributed by atoms with Gasteiger partial charge in [-0.15, -0.1) is 0 Å². The second-order valence-electron chi connectivity index (χ2n) is 3.68. The Bertz CT molecular complexity index is 342. The number of halogens is 2. The number of rotatable bonds is 7. The Morgan fingerprint density at radius 3 is 2.06 bits per heavy atom. The van der Waals surface area contributed by atoms with Crippen molar-refractivity contribution in [3.05, 3.63) is 24.3 Å². The van der Waals surface area contributed by atoms with Gasteiger partial charge >= 0.3 is 6.61 Å². The highest BCUT2D eigenvalue weighted by Gasteiger charge is 2.15. The van der Waals surface area contributed by atoms with Gasteiger partial charge in [-0.2, -0.15) is 8.78 Å². The van der Waals surface area contributed by atoms with Gasteiger partial charge in [0.1, 0.15) is 5.75 Å². The molecule has 0 bridgehead atoms. The molecule has 6 heteroatoms. The van der Waals surface area contributed by atoms with Crippen molar-refractivity contribution >= 4 is 5.69 Å². The van der Waals surface area contributed by atoms with E-state index >= 15 is 0 Å². The smallest absolute Gasteiger partial charge is 0.387 e. The number of benzene rings is 1. The Balaban J connectivity index is 2.57. The number of methoxy groups -OCH3 is 2. The maximum Gasteiger partial charge on any atom is 0.387 e. The molecule has 0 amide bonds. The molecule has 1 unspecified atom stereocenters. The minimum Gasteiger partial charge on any atom is -0.435 e. The average molecular weight is 261 g/mol. The molecular weight excluding hydrogens is 244 g/mol. The third-order valence-corrected chi connectivity index (χ3v) is 2.35. The van der Waals surface area contributed by atoms with Crippen LogP contribution in [0.1, 0.15) is 6.92 Å². The Kier molecular flexibility index (Phi) is 5.80. The SMILES string of the molecule is COC(OC)C(C)Nc1ccc(OC(F)F)cc1. The van der Waals surface area contributed by atoms with E-state index in [2.05, 4.69) is 10.1 Å². The van der Waals surface area contributed by atoms with Gasteiger partial charge in [-0.1, -0.05) is 0 Å². The second-order valence-corrected chi connectivity index (χ2v) is 3.68. The van der Waals surface area contributed by atoms with Gasteiger partial charge in [0, 0.05) is 19.9 Å². The van der Waals surface area contributed by atoms with Crippen LogP contribution in [0.2, 0.25) is 0 Å². The Hall–Kier alpha value is -1.40. The monoisotopic (exact) mass is 261 g/mol. The number of ether oxygens (including phenoxy) is 3. The fourth-order valence-electron chi connectivity index (χ4n) is 1.57. The molecule has 0 aliphatic rings. The van der Waals surface area contributed by atoms with Gasteiger partial charge in [0.15, 0.2) is 6.29 Å². The van der Waals surface area contributed by atoms with Crippen LogP contribution < -0.4 is 10.1 Å². The van der Waals surface area contributed by atoms with Gasteiger partial charge < -0.3 is 19.5 Å². The molecular formula is C12H17F2NO3. The molecule has 0 aliphatic carbocycles. The van der Waals surface area contributed by atoms with Gasteiger partial charge in [0.05, 0.1) is 6.04 Å². The normalized spacial score (nSPS) is 12.8. The Labute approximate surface area is 105 Å². The van der Waals surface area contributed by atoms with E-state index < -0.39 is 6.61 Å². The molecule has 0 saturated heterocycles. The number of alkyl halides is 2. The van der Waals surface area contributed by atoms with E-state index in [1.54, 1.807) is 26.4 Å². The zero-order valence-electron chi connectivity index (χ0n) is 10.5. The van der Waals surface area contributed by atoms with Gasteiger partial charge in [-0.05, 0) is 31.2 Å². The van der Waals surface area contributed by atoms with Crippen LogP contribution in [0.4, 0.5) is 14.5 Å². The van der Waals surface area contributed by atoms with Crippen LogP contribution >= 0.6 is 0 Å². The van der Waals surface area contributed by atoms with E-state index in [0.29, 0.717) is 0 Å². The van der Waals surface area contributed by atoms with Crippen LogP contribution in [-0.4, -0.2) is 33.2 Å². The predicted molar refractivity (Wildman–Crippen MR) is 64.0 cm³/mol. The van der Waals surface area contributed by atoms with E-state index in [9.17, 15) is 8.78 Å². The lowest BCUT2D eigenvalue weighted by molar-refractivity contribution is -0.109. The van der Waals surface area contributed by atoms with Crippen molar-refractivity contribution in [2.45, 2.75) is 25.9 Å². The minimum atomic E-state index is -2.81. The maximum absolute atomic E-state index is 12.0. The highest BCUT2D eigenvalue weighted by molar-refractivity contribution is 5.47. The minimum absolute atomic E-state index is 0.0816. The fourth-order valence-corrected chi connectivity index (χ4v) is 1.57. The molecule has 0 fully saturated rings. The van der Waals surface area contributed by atoms with Crippen LogP contribution in [0.15, 0.2) is 24.3 Å². The summed E-state index contributed by atoms with van der Waals surface area (Å²) < 4.78 is 38.4. The first-order valence-corrected chi connectivity index (χ1v) is 5.43. The molecule has 0 radical (unpaired) electrons. The van der Waals surface area contributed by atoms with Crippen LogP contribution in [-0.2, 0) is 9.47 Å². The summed E-state index contributed by atoms with van der Waals surface area (Å²) in [4.78, 5) is 0. The number of hydrogen-bond acceptors (Lipinski definition) is 4. The lowest BCUT2D eigenvalue weighted by atomic mass is 10.2. The Morgan fingerprint density at radius 1 is 1.06 bits per heavy atom. The van der Waals surface area contributed by atoms with Crippen LogP contribution in [0.5, 0.6) is 5.75 Å². The van der Waals surface area contributed by atoms with Crippen molar-refractivity contribution in [1.29, 1.82) is 0 Å². The third kappa shape index (κ3) is 4.46. The van der Waals surface area contributed by atoms with Crippen molar-refractivity contribution in [2.24, 2.45) is 0 Å². The molecule has 0 saturated carbocycles. The molecule has 1 N–H and O–H groups in total. The van der Waals surface area contributed by atoms with Gasteiger partial charge in [-0.3, -0.25) is 0 Å². The first-order chi connectivity index (χ1) is 8.56. The summed E-state index contributed by atoms with van der Waals surface area (Å²) in [6, 6.07) is 6.15.